The van der Waals surface area contributed by atoms with Crippen LogP contribution in [0.1, 0.15) is 16.1 Å². The molecule has 1 aromatic heterocycles. The zero-order valence-corrected chi connectivity index (χ0v) is 17.3. The van der Waals surface area contributed by atoms with Crippen LogP contribution in [0, 0.1) is 6.92 Å². The van der Waals surface area contributed by atoms with Crippen molar-refractivity contribution in [1.82, 2.24) is 4.98 Å². The Labute approximate surface area is 173 Å². The molecule has 1 N–H and O–H groups in total. The number of ether oxygens (including phenoxy) is 1. The number of rotatable bonds is 5. The first-order valence-electron chi connectivity index (χ1n) is 7.87. The summed E-state index contributed by atoms with van der Waals surface area (Å²) in [6.45, 7) is 1.57. The normalized spacial score (nSPS) is 10.5. The maximum atomic E-state index is 12.1. The largest absolute Gasteiger partial charge is 0.451 e. The van der Waals surface area contributed by atoms with E-state index in [1.54, 1.807) is 23.6 Å². The van der Waals surface area contributed by atoms with Gasteiger partial charge in [0.1, 0.15) is 5.01 Å². The van der Waals surface area contributed by atoms with Gasteiger partial charge in [0.15, 0.2) is 12.3 Å². The summed E-state index contributed by atoms with van der Waals surface area (Å²) >= 11 is 10.7. The summed E-state index contributed by atoms with van der Waals surface area (Å²) in [7, 11) is 0. The molecule has 27 heavy (non-hydrogen) atoms. The standard InChI is InChI=1S/C19H14BrClN2O3S/c1-11-2-4-12(5-3-11)18-23-16(10-27-18)19(25)26-9-17(24)22-15-7-6-13(20)8-14(15)21/h2-8,10H,9H2,1H3,(H,22,24). The molecule has 1 heterocycles. The molecule has 0 aliphatic carbocycles. The van der Waals surface area contributed by atoms with Crippen molar-refractivity contribution >= 4 is 56.4 Å². The summed E-state index contributed by atoms with van der Waals surface area (Å²) in [5, 5.41) is 5.30. The number of esters is 1. The molecule has 3 aromatic rings. The third-order valence-electron chi connectivity index (χ3n) is 3.55. The minimum atomic E-state index is -0.651. The lowest BCUT2D eigenvalue weighted by Crippen LogP contribution is -2.21. The number of nitrogens with one attached hydrogen (secondary N) is 1. The van der Waals surface area contributed by atoms with Crippen LogP contribution in [0.15, 0.2) is 52.3 Å². The van der Waals surface area contributed by atoms with Gasteiger partial charge in [0, 0.05) is 15.4 Å². The Morgan fingerprint density at radius 1 is 1.22 bits per heavy atom. The molecule has 0 saturated heterocycles. The van der Waals surface area contributed by atoms with Gasteiger partial charge in [-0.05, 0) is 25.1 Å². The molecule has 0 bridgehead atoms. The molecule has 0 unspecified atom stereocenters. The van der Waals surface area contributed by atoms with Crippen molar-refractivity contribution in [2.24, 2.45) is 0 Å². The molecular weight excluding hydrogens is 452 g/mol. The summed E-state index contributed by atoms with van der Waals surface area (Å²) < 4.78 is 5.83. The first-order valence-corrected chi connectivity index (χ1v) is 9.92. The Morgan fingerprint density at radius 2 is 1.96 bits per heavy atom. The van der Waals surface area contributed by atoms with Crippen LogP contribution in [0.5, 0.6) is 0 Å². The van der Waals surface area contributed by atoms with Crippen LogP contribution in [0.2, 0.25) is 5.02 Å². The van der Waals surface area contributed by atoms with E-state index in [2.05, 4.69) is 26.2 Å². The van der Waals surface area contributed by atoms with Crippen LogP contribution in [0.3, 0.4) is 0 Å². The number of hydrogen-bond acceptors (Lipinski definition) is 5. The van der Waals surface area contributed by atoms with E-state index in [1.165, 1.54) is 11.3 Å². The van der Waals surface area contributed by atoms with E-state index in [-0.39, 0.29) is 5.69 Å². The van der Waals surface area contributed by atoms with Crippen molar-refractivity contribution in [2.45, 2.75) is 6.92 Å². The quantitative estimate of drug-likeness (QED) is 0.517. The van der Waals surface area contributed by atoms with E-state index in [1.807, 2.05) is 31.2 Å². The van der Waals surface area contributed by atoms with Gasteiger partial charge in [0.2, 0.25) is 0 Å². The minimum absolute atomic E-state index is 0.171. The third kappa shape index (κ3) is 5.15. The van der Waals surface area contributed by atoms with Gasteiger partial charge in [-0.15, -0.1) is 11.3 Å². The highest BCUT2D eigenvalue weighted by molar-refractivity contribution is 9.10. The smallest absolute Gasteiger partial charge is 0.358 e. The first-order chi connectivity index (χ1) is 12.9. The minimum Gasteiger partial charge on any atom is -0.451 e. The number of carbonyl (C=O) groups is 2. The van der Waals surface area contributed by atoms with Gasteiger partial charge in [-0.2, -0.15) is 0 Å². The topological polar surface area (TPSA) is 68.3 Å². The molecule has 138 valence electrons. The fourth-order valence-electron chi connectivity index (χ4n) is 2.18. The lowest BCUT2D eigenvalue weighted by molar-refractivity contribution is -0.119. The Hall–Kier alpha value is -2.22. The third-order valence-corrected chi connectivity index (χ3v) is 5.25. The predicted molar refractivity (Wildman–Crippen MR) is 110 cm³/mol. The molecule has 5 nitrogen and oxygen atoms in total. The van der Waals surface area contributed by atoms with E-state index in [4.69, 9.17) is 16.3 Å². The Morgan fingerprint density at radius 3 is 2.67 bits per heavy atom. The van der Waals surface area contributed by atoms with Crippen molar-refractivity contribution in [1.29, 1.82) is 0 Å². The summed E-state index contributed by atoms with van der Waals surface area (Å²) in [4.78, 5) is 28.4. The van der Waals surface area contributed by atoms with Crippen LogP contribution in [0.4, 0.5) is 5.69 Å². The molecule has 0 aliphatic heterocycles. The van der Waals surface area contributed by atoms with E-state index in [0.717, 1.165) is 15.6 Å². The maximum absolute atomic E-state index is 12.1. The van der Waals surface area contributed by atoms with Crippen molar-refractivity contribution in [3.05, 3.63) is 68.6 Å². The summed E-state index contributed by atoms with van der Waals surface area (Å²) in [6, 6.07) is 12.9. The van der Waals surface area contributed by atoms with Gasteiger partial charge in [-0.3, -0.25) is 4.79 Å². The SMILES string of the molecule is Cc1ccc(-c2nc(C(=O)OCC(=O)Nc3ccc(Br)cc3Cl)cs2)cc1. The number of aromatic nitrogens is 1. The number of thiazole rings is 1. The maximum Gasteiger partial charge on any atom is 0.358 e. The molecule has 0 spiro atoms. The summed E-state index contributed by atoms with van der Waals surface area (Å²) in [5.74, 6) is -1.14. The number of carbonyl (C=O) groups excluding carboxylic acids is 2. The fourth-order valence-corrected chi connectivity index (χ4v) is 3.69. The van der Waals surface area contributed by atoms with Crippen molar-refractivity contribution in [3.63, 3.8) is 0 Å². The van der Waals surface area contributed by atoms with Crippen molar-refractivity contribution in [3.8, 4) is 10.6 Å². The van der Waals surface area contributed by atoms with E-state index < -0.39 is 18.5 Å². The first kappa shape index (κ1) is 19.5. The number of anilines is 1. The second kappa shape index (κ2) is 8.65. The van der Waals surface area contributed by atoms with Crippen LogP contribution in [-0.4, -0.2) is 23.5 Å². The van der Waals surface area contributed by atoms with E-state index >= 15 is 0 Å². The van der Waals surface area contributed by atoms with Crippen LogP contribution < -0.4 is 5.32 Å². The average molecular weight is 466 g/mol. The second-order valence-electron chi connectivity index (χ2n) is 5.65. The second-order valence-corrected chi connectivity index (χ2v) is 7.83. The number of benzene rings is 2. The zero-order chi connectivity index (χ0) is 19.4. The number of halogens is 2. The molecular formula is C19H14BrClN2O3S. The molecule has 1 amide bonds. The molecule has 0 saturated carbocycles. The highest BCUT2D eigenvalue weighted by atomic mass is 79.9. The van der Waals surface area contributed by atoms with Gasteiger partial charge in [0.05, 0.1) is 10.7 Å². The molecule has 8 heteroatoms. The van der Waals surface area contributed by atoms with Gasteiger partial charge in [0.25, 0.3) is 5.91 Å². The number of amides is 1. The molecule has 0 radical (unpaired) electrons. The molecule has 2 aromatic carbocycles. The number of hydrogen-bond donors (Lipinski definition) is 1. The molecule has 0 atom stereocenters. The van der Waals surface area contributed by atoms with E-state index in [0.29, 0.717) is 15.7 Å². The molecule has 0 fully saturated rings. The van der Waals surface area contributed by atoms with E-state index in [9.17, 15) is 9.59 Å². The fraction of sp³-hybridized carbons (Fsp3) is 0.105. The zero-order valence-electron chi connectivity index (χ0n) is 14.2. The van der Waals surface area contributed by atoms with Gasteiger partial charge < -0.3 is 10.1 Å². The lowest BCUT2D eigenvalue weighted by atomic mass is 10.2. The van der Waals surface area contributed by atoms with Crippen LogP contribution >= 0.6 is 38.9 Å². The van der Waals surface area contributed by atoms with Crippen LogP contribution in [-0.2, 0) is 9.53 Å². The highest BCUT2D eigenvalue weighted by Crippen LogP contribution is 2.26. The number of aryl methyl sites for hydroxylation is 1. The van der Waals surface area contributed by atoms with Gasteiger partial charge in [-0.25, -0.2) is 9.78 Å². The Bertz CT molecular complexity index is 989. The Kier molecular flexibility index (Phi) is 6.26. The number of nitrogens with zero attached hydrogens (tertiary/aromatic N) is 1. The Balaban J connectivity index is 1.57. The lowest BCUT2D eigenvalue weighted by Gasteiger charge is -2.07. The monoisotopic (exact) mass is 464 g/mol. The molecule has 3 rings (SSSR count). The van der Waals surface area contributed by atoms with Crippen molar-refractivity contribution < 1.29 is 14.3 Å². The van der Waals surface area contributed by atoms with Gasteiger partial charge >= 0.3 is 5.97 Å². The van der Waals surface area contributed by atoms with Gasteiger partial charge in [-0.1, -0.05) is 57.4 Å². The highest BCUT2D eigenvalue weighted by Gasteiger charge is 2.15. The predicted octanol–water partition coefficient (Wildman–Crippen LogP) is 5.33. The summed E-state index contributed by atoms with van der Waals surface area (Å²) in [5.41, 5.74) is 2.68. The van der Waals surface area contributed by atoms with Crippen molar-refractivity contribution in [2.75, 3.05) is 11.9 Å². The van der Waals surface area contributed by atoms with Crippen LogP contribution in [0.25, 0.3) is 10.6 Å². The molecule has 0 aliphatic rings. The summed E-state index contributed by atoms with van der Waals surface area (Å²) in [6.07, 6.45) is 0. The average Bonchev–Trinajstić information content (AvgIpc) is 3.13.